The van der Waals surface area contributed by atoms with Crippen molar-refractivity contribution >= 4 is 11.7 Å². The van der Waals surface area contributed by atoms with Gasteiger partial charge in [0.2, 0.25) is 0 Å². The lowest BCUT2D eigenvalue weighted by Crippen LogP contribution is -2.32. The molecule has 0 aliphatic heterocycles. The maximum atomic E-state index is 12.8. The Balaban J connectivity index is 0.000000597. The van der Waals surface area contributed by atoms with Gasteiger partial charge in [-0.2, -0.15) is 0 Å². The summed E-state index contributed by atoms with van der Waals surface area (Å²) >= 11 is 0. The van der Waals surface area contributed by atoms with E-state index in [9.17, 15) is 8.78 Å². The SMILES string of the molecule is C=C/C=C\C.NNC(=NC/C(F)=C/F)c1cc(-c2ccco2)cnc1N. The van der Waals surface area contributed by atoms with Crippen LogP contribution in [0.15, 0.2) is 77.0 Å². The molecule has 0 aliphatic carbocycles. The van der Waals surface area contributed by atoms with Crippen molar-refractivity contribution in [2.45, 2.75) is 6.92 Å². The topological polar surface area (TPSA) is 102 Å². The number of nitrogens with one attached hydrogen (secondary N) is 1. The van der Waals surface area contributed by atoms with Gasteiger partial charge in [-0.1, -0.05) is 24.8 Å². The Kier molecular flexibility index (Phi) is 9.05. The Hall–Kier alpha value is -3.26. The molecule has 0 saturated carbocycles. The van der Waals surface area contributed by atoms with Crippen LogP contribution in [0.25, 0.3) is 11.3 Å². The molecule has 0 fully saturated rings. The van der Waals surface area contributed by atoms with Gasteiger partial charge in [0.05, 0.1) is 18.4 Å². The zero-order valence-electron chi connectivity index (χ0n) is 14.3. The molecule has 2 aromatic heterocycles. The quantitative estimate of drug-likeness (QED) is 0.248. The van der Waals surface area contributed by atoms with Crippen molar-refractivity contribution in [2.24, 2.45) is 10.8 Å². The maximum Gasteiger partial charge on any atom is 0.149 e. The molecular formula is C18H21F2N5O. The third-order valence-corrected chi connectivity index (χ3v) is 2.95. The highest BCUT2D eigenvalue weighted by atomic mass is 19.2. The van der Waals surface area contributed by atoms with Gasteiger partial charge in [0, 0.05) is 11.8 Å². The fourth-order valence-electron chi connectivity index (χ4n) is 1.78. The molecule has 138 valence electrons. The average molecular weight is 361 g/mol. The highest BCUT2D eigenvalue weighted by molar-refractivity contribution is 6.02. The number of hydrogen-bond donors (Lipinski definition) is 3. The van der Waals surface area contributed by atoms with Gasteiger partial charge in [-0.25, -0.2) is 19.6 Å². The second kappa shape index (κ2) is 11.3. The van der Waals surface area contributed by atoms with Crippen molar-refractivity contribution in [3.8, 4) is 11.3 Å². The maximum absolute atomic E-state index is 12.8. The van der Waals surface area contributed by atoms with E-state index < -0.39 is 12.4 Å². The first kappa shape index (κ1) is 20.8. The molecule has 0 bridgehead atoms. The van der Waals surface area contributed by atoms with E-state index in [2.05, 4.69) is 22.0 Å². The molecule has 5 N–H and O–H groups in total. The van der Waals surface area contributed by atoms with Crippen LogP contribution in [-0.4, -0.2) is 17.4 Å². The number of rotatable bonds is 5. The zero-order chi connectivity index (χ0) is 19.4. The lowest BCUT2D eigenvalue weighted by atomic mass is 10.1. The van der Waals surface area contributed by atoms with Crippen LogP contribution in [0.4, 0.5) is 14.6 Å². The lowest BCUT2D eigenvalue weighted by molar-refractivity contribution is 0.570. The van der Waals surface area contributed by atoms with Crippen molar-refractivity contribution in [2.75, 3.05) is 12.3 Å². The fourth-order valence-corrected chi connectivity index (χ4v) is 1.78. The molecule has 0 spiro atoms. The van der Waals surface area contributed by atoms with Gasteiger partial charge in [-0.05, 0) is 25.1 Å². The Labute approximate surface area is 150 Å². The van der Waals surface area contributed by atoms with Crippen LogP contribution in [0, 0.1) is 0 Å². The molecule has 0 radical (unpaired) electrons. The summed E-state index contributed by atoms with van der Waals surface area (Å²) in [6, 6.07) is 5.11. The third-order valence-electron chi connectivity index (χ3n) is 2.95. The summed E-state index contributed by atoms with van der Waals surface area (Å²) in [6.07, 6.45) is 8.45. The number of pyridine rings is 1. The normalized spacial score (nSPS) is 11.8. The van der Waals surface area contributed by atoms with Crippen LogP contribution in [0.5, 0.6) is 0 Å². The van der Waals surface area contributed by atoms with E-state index in [1.807, 2.05) is 19.1 Å². The summed E-state index contributed by atoms with van der Waals surface area (Å²) in [5, 5.41) is 0. The summed E-state index contributed by atoms with van der Waals surface area (Å²) < 4.78 is 30.0. The van der Waals surface area contributed by atoms with Gasteiger partial charge in [-0.3, -0.25) is 4.99 Å². The van der Waals surface area contributed by atoms with E-state index in [1.165, 1.54) is 12.5 Å². The first-order chi connectivity index (χ1) is 12.6. The van der Waals surface area contributed by atoms with Crippen LogP contribution in [-0.2, 0) is 0 Å². The number of furan rings is 1. The van der Waals surface area contributed by atoms with Crippen molar-refractivity contribution in [1.82, 2.24) is 10.4 Å². The van der Waals surface area contributed by atoms with E-state index in [4.69, 9.17) is 16.0 Å². The van der Waals surface area contributed by atoms with Crippen LogP contribution in [0.1, 0.15) is 12.5 Å². The smallest absolute Gasteiger partial charge is 0.149 e. The largest absolute Gasteiger partial charge is 0.464 e. The molecule has 0 amide bonds. The molecule has 26 heavy (non-hydrogen) atoms. The molecule has 2 rings (SSSR count). The molecule has 0 aromatic carbocycles. The van der Waals surface area contributed by atoms with Crippen LogP contribution < -0.4 is 17.0 Å². The van der Waals surface area contributed by atoms with Crippen LogP contribution in [0.2, 0.25) is 0 Å². The van der Waals surface area contributed by atoms with Gasteiger partial charge in [0.25, 0.3) is 0 Å². The molecule has 2 aromatic rings. The van der Waals surface area contributed by atoms with E-state index in [-0.39, 0.29) is 18.0 Å². The van der Waals surface area contributed by atoms with Crippen LogP contribution in [0.3, 0.4) is 0 Å². The zero-order valence-corrected chi connectivity index (χ0v) is 14.3. The van der Waals surface area contributed by atoms with Crippen molar-refractivity contribution in [3.63, 3.8) is 0 Å². The Morgan fingerprint density at radius 2 is 2.27 bits per heavy atom. The molecule has 0 atom stereocenters. The number of nitrogens with zero attached hydrogens (tertiary/aromatic N) is 2. The molecule has 0 unspecified atom stereocenters. The minimum absolute atomic E-state index is 0.0883. The monoisotopic (exact) mass is 361 g/mol. The minimum Gasteiger partial charge on any atom is -0.464 e. The van der Waals surface area contributed by atoms with E-state index in [0.29, 0.717) is 16.9 Å². The number of hydrogen-bond acceptors (Lipinski definition) is 5. The highest BCUT2D eigenvalue weighted by Gasteiger charge is 2.11. The number of allylic oxidation sites excluding steroid dienone is 3. The summed E-state index contributed by atoms with van der Waals surface area (Å²) in [5.74, 6) is 5.13. The second-order valence-electron chi connectivity index (χ2n) is 4.76. The first-order valence-electron chi connectivity index (χ1n) is 7.56. The summed E-state index contributed by atoms with van der Waals surface area (Å²) in [5.41, 5.74) is 9.06. The van der Waals surface area contributed by atoms with E-state index in [0.717, 1.165) is 0 Å². The minimum atomic E-state index is -1.03. The number of amidine groups is 1. The van der Waals surface area contributed by atoms with Gasteiger partial charge < -0.3 is 15.6 Å². The third kappa shape index (κ3) is 6.33. The number of aromatic nitrogens is 1. The molecule has 0 aliphatic rings. The Morgan fingerprint density at radius 1 is 1.50 bits per heavy atom. The van der Waals surface area contributed by atoms with Crippen molar-refractivity contribution in [3.05, 3.63) is 73.2 Å². The number of nitrogen functional groups attached to an aromatic ring is 1. The number of hydrazine groups is 1. The van der Waals surface area contributed by atoms with Gasteiger partial charge >= 0.3 is 0 Å². The Morgan fingerprint density at radius 3 is 2.77 bits per heavy atom. The number of anilines is 1. The predicted octanol–water partition coefficient (Wildman–Crippen LogP) is 3.66. The average Bonchev–Trinajstić information content (AvgIpc) is 3.19. The summed E-state index contributed by atoms with van der Waals surface area (Å²) in [6.45, 7) is 4.92. The van der Waals surface area contributed by atoms with E-state index in [1.54, 1.807) is 24.3 Å². The lowest BCUT2D eigenvalue weighted by Gasteiger charge is -2.09. The molecule has 6 nitrogen and oxygen atoms in total. The van der Waals surface area contributed by atoms with Gasteiger partial charge in [0.1, 0.15) is 29.6 Å². The first-order valence-corrected chi connectivity index (χ1v) is 7.56. The van der Waals surface area contributed by atoms with Gasteiger partial charge in [0.15, 0.2) is 0 Å². The molecule has 2 heterocycles. The van der Waals surface area contributed by atoms with E-state index >= 15 is 0 Å². The highest BCUT2D eigenvalue weighted by Crippen LogP contribution is 2.22. The predicted molar refractivity (Wildman–Crippen MR) is 100 cm³/mol. The van der Waals surface area contributed by atoms with Crippen molar-refractivity contribution < 1.29 is 13.2 Å². The van der Waals surface area contributed by atoms with Crippen molar-refractivity contribution in [1.29, 1.82) is 0 Å². The number of aliphatic imine (C=N–C) groups is 1. The van der Waals surface area contributed by atoms with Gasteiger partial charge in [-0.15, -0.1) is 0 Å². The standard InChI is InChI=1S/C13H13F2N5O.C5H8/c14-5-9(15)7-19-13(20-17)10-4-8(6-18-12(10)16)11-2-1-3-21-11;1-3-5-4-2/h1-6H,7,17H2,(H2,16,18)(H,19,20);3-5H,1H2,2H3/b9-5-;5-4-. The molecule has 8 heteroatoms. The fraction of sp³-hybridized carbons (Fsp3) is 0.111. The number of halogens is 2. The van der Waals surface area contributed by atoms with Crippen LogP contribution >= 0.6 is 0 Å². The molecular weight excluding hydrogens is 340 g/mol. The molecule has 0 saturated heterocycles. The summed E-state index contributed by atoms with van der Waals surface area (Å²) in [4.78, 5) is 7.82. The Bertz CT molecular complexity index is 783. The number of nitrogens with two attached hydrogens (primary N) is 2. The summed E-state index contributed by atoms with van der Waals surface area (Å²) in [7, 11) is 0. The second-order valence-corrected chi connectivity index (χ2v) is 4.76.